The molecule has 1 N–H and O–H groups in total. The summed E-state index contributed by atoms with van der Waals surface area (Å²) in [6.07, 6.45) is 0. The van der Waals surface area contributed by atoms with E-state index in [-0.39, 0.29) is 11.2 Å². The van der Waals surface area contributed by atoms with Crippen LogP contribution < -0.4 is 5.32 Å². The molecule has 0 spiro atoms. The predicted molar refractivity (Wildman–Crippen MR) is 74.7 cm³/mol. The molecule has 0 aromatic heterocycles. The Morgan fingerprint density at radius 3 is 2.88 bits per heavy atom. The minimum absolute atomic E-state index is 0.0204. The smallest absolute Gasteiger partial charge is 0.239 e. The van der Waals surface area contributed by atoms with E-state index in [9.17, 15) is 4.79 Å². The standard InChI is InChI=1S/C12H14N2OS2/c1-9(17-10-5-3-2-4-6-10)11(15)14-12-13-7-8-16-12/h2-6,9H,7-8H2,1H3,(H,13,14,15)/t9-/m0/s1. The Kier molecular flexibility index (Phi) is 4.50. The second-order valence-corrected chi connectivity index (χ2v) is 6.10. The van der Waals surface area contributed by atoms with Crippen molar-refractivity contribution in [3.8, 4) is 0 Å². The topological polar surface area (TPSA) is 41.5 Å². The van der Waals surface area contributed by atoms with Crippen LogP contribution in [0, 0.1) is 0 Å². The number of hydrogen-bond donors (Lipinski definition) is 1. The van der Waals surface area contributed by atoms with Gasteiger partial charge in [-0.25, -0.2) is 0 Å². The largest absolute Gasteiger partial charge is 0.304 e. The minimum Gasteiger partial charge on any atom is -0.304 e. The number of amidine groups is 1. The fourth-order valence-electron chi connectivity index (χ4n) is 1.37. The molecule has 3 nitrogen and oxygen atoms in total. The lowest BCUT2D eigenvalue weighted by atomic mass is 10.4. The number of amides is 1. The molecular formula is C12H14N2OS2. The maximum Gasteiger partial charge on any atom is 0.239 e. The van der Waals surface area contributed by atoms with Gasteiger partial charge < -0.3 is 5.32 Å². The first-order valence-electron chi connectivity index (χ1n) is 5.45. The summed E-state index contributed by atoms with van der Waals surface area (Å²) in [4.78, 5) is 17.2. The molecule has 90 valence electrons. The zero-order chi connectivity index (χ0) is 12.1. The van der Waals surface area contributed by atoms with Crippen LogP contribution in [0.1, 0.15) is 6.92 Å². The number of benzene rings is 1. The maximum absolute atomic E-state index is 11.9. The van der Waals surface area contributed by atoms with Gasteiger partial charge in [0.25, 0.3) is 0 Å². The number of thioether (sulfide) groups is 2. The summed E-state index contributed by atoms with van der Waals surface area (Å²) in [5.74, 6) is 0.988. The molecular weight excluding hydrogens is 252 g/mol. The molecule has 1 aliphatic heterocycles. The first kappa shape index (κ1) is 12.5. The Morgan fingerprint density at radius 2 is 2.24 bits per heavy atom. The van der Waals surface area contributed by atoms with E-state index < -0.39 is 0 Å². The fourth-order valence-corrected chi connectivity index (χ4v) is 2.99. The molecule has 0 saturated carbocycles. The number of carbonyl (C=O) groups is 1. The molecule has 0 fully saturated rings. The van der Waals surface area contributed by atoms with Gasteiger partial charge in [-0.05, 0) is 19.1 Å². The molecule has 1 aromatic rings. The number of nitrogens with one attached hydrogen (secondary N) is 1. The molecule has 0 saturated heterocycles. The summed E-state index contributed by atoms with van der Waals surface area (Å²) in [5.41, 5.74) is 0. The Hall–Kier alpha value is -0.940. The van der Waals surface area contributed by atoms with Crippen LogP contribution in [0.15, 0.2) is 40.2 Å². The van der Waals surface area contributed by atoms with Crippen molar-refractivity contribution in [2.75, 3.05) is 12.3 Å². The highest BCUT2D eigenvalue weighted by Gasteiger charge is 2.17. The summed E-state index contributed by atoms with van der Waals surface area (Å²) >= 11 is 3.16. The van der Waals surface area contributed by atoms with Crippen LogP contribution in [0.4, 0.5) is 0 Å². The quantitative estimate of drug-likeness (QED) is 0.854. The first-order chi connectivity index (χ1) is 8.25. The molecule has 1 aromatic carbocycles. The van der Waals surface area contributed by atoms with Crippen molar-refractivity contribution in [1.29, 1.82) is 0 Å². The van der Waals surface area contributed by atoms with Gasteiger partial charge in [0.2, 0.25) is 5.91 Å². The summed E-state index contributed by atoms with van der Waals surface area (Å²) in [6.45, 7) is 2.72. The summed E-state index contributed by atoms with van der Waals surface area (Å²) in [5, 5.41) is 3.50. The van der Waals surface area contributed by atoms with Gasteiger partial charge in [0.1, 0.15) is 0 Å². The summed E-state index contributed by atoms with van der Waals surface area (Å²) < 4.78 is 0. The monoisotopic (exact) mass is 266 g/mol. The van der Waals surface area contributed by atoms with E-state index in [0.29, 0.717) is 0 Å². The third-order valence-corrected chi connectivity index (χ3v) is 4.24. The second kappa shape index (κ2) is 6.12. The Balaban J connectivity index is 1.87. The lowest BCUT2D eigenvalue weighted by Gasteiger charge is -2.11. The Morgan fingerprint density at radius 1 is 1.47 bits per heavy atom. The third kappa shape index (κ3) is 3.78. The molecule has 0 radical (unpaired) electrons. The summed E-state index contributed by atoms with van der Waals surface area (Å²) in [7, 11) is 0. The van der Waals surface area contributed by atoms with Gasteiger partial charge in [0.05, 0.1) is 11.8 Å². The highest BCUT2D eigenvalue weighted by molar-refractivity contribution is 8.14. The molecule has 1 heterocycles. The van der Waals surface area contributed by atoms with Crippen molar-refractivity contribution in [3.05, 3.63) is 30.3 Å². The first-order valence-corrected chi connectivity index (χ1v) is 7.32. The molecule has 2 rings (SSSR count). The number of carbonyl (C=O) groups excluding carboxylic acids is 1. The molecule has 0 bridgehead atoms. The van der Waals surface area contributed by atoms with Crippen LogP contribution in [0.2, 0.25) is 0 Å². The fraction of sp³-hybridized carbons (Fsp3) is 0.333. The molecule has 17 heavy (non-hydrogen) atoms. The third-order valence-electron chi connectivity index (χ3n) is 2.24. The average molecular weight is 266 g/mol. The second-order valence-electron chi connectivity index (χ2n) is 3.60. The van der Waals surface area contributed by atoms with Gasteiger partial charge in [-0.1, -0.05) is 30.0 Å². The van der Waals surface area contributed by atoms with Crippen LogP contribution in [0.25, 0.3) is 0 Å². The lowest BCUT2D eigenvalue weighted by molar-refractivity contribution is -0.118. The van der Waals surface area contributed by atoms with Crippen molar-refractivity contribution in [3.63, 3.8) is 0 Å². The van der Waals surface area contributed by atoms with E-state index >= 15 is 0 Å². The Labute approximate surface area is 109 Å². The van der Waals surface area contributed by atoms with E-state index in [2.05, 4.69) is 10.3 Å². The van der Waals surface area contributed by atoms with Crippen molar-refractivity contribution in [1.82, 2.24) is 5.32 Å². The molecule has 0 aliphatic carbocycles. The molecule has 1 aliphatic rings. The van der Waals surface area contributed by atoms with Crippen molar-refractivity contribution >= 4 is 34.6 Å². The zero-order valence-corrected chi connectivity index (χ0v) is 11.2. The SMILES string of the molecule is C[C@H](Sc1ccccc1)C(=O)NC1=NCCS1. The summed E-state index contributed by atoms with van der Waals surface area (Å²) in [6, 6.07) is 9.94. The van der Waals surface area contributed by atoms with Crippen LogP contribution >= 0.6 is 23.5 Å². The van der Waals surface area contributed by atoms with Gasteiger partial charge in [-0.2, -0.15) is 0 Å². The number of aliphatic imine (C=N–C) groups is 1. The maximum atomic E-state index is 11.9. The van der Waals surface area contributed by atoms with Gasteiger partial charge in [0.15, 0.2) is 5.17 Å². The van der Waals surface area contributed by atoms with Crippen molar-refractivity contribution < 1.29 is 4.79 Å². The average Bonchev–Trinajstić information content (AvgIpc) is 2.83. The molecule has 5 heteroatoms. The van der Waals surface area contributed by atoms with Gasteiger partial charge in [0, 0.05) is 10.6 Å². The zero-order valence-electron chi connectivity index (χ0n) is 9.55. The van der Waals surface area contributed by atoms with Gasteiger partial charge >= 0.3 is 0 Å². The normalized spacial score (nSPS) is 16.4. The molecule has 1 atom stereocenters. The number of hydrogen-bond acceptors (Lipinski definition) is 4. The predicted octanol–water partition coefficient (Wildman–Crippen LogP) is 2.39. The van der Waals surface area contributed by atoms with E-state index in [1.54, 1.807) is 23.5 Å². The van der Waals surface area contributed by atoms with E-state index in [1.807, 2.05) is 37.3 Å². The van der Waals surface area contributed by atoms with Crippen LogP contribution in [-0.2, 0) is 4.79 Å². The number of nitrogens with zero attached hydrogens (tertiary/aromatic N) is 1. The van der Waals surface area contributed by atoms with Gasteiger partial charge in [-0.15, -0.1) is 11.8 Å². The molecule has 0 unspecified atom stereocenters. The Bertz CT molecular complexity index is 420. The minimum atomic E-state index is -0.110. The van der Waals surface area contributed by atoms with E-state index in [1.165, 1.54) is 0 Å². The van der Waals surface area contributed by atoms with Crippen LogP contribution in [-0.4, -0.2) is 28.6 Å². The van der Waals surface area contributed by atoms with Gasteiger partial charge in [-0.3, -0.25) is 9.79 Å². The van der Waals surface area contributed by atoms with E-state index in [0.717, 1.165) is 22.4 Å². The van der Waals surface area contributed by atoms with Crippen molar-refractivity contribution in [2.24, 2.45) is 4.99 Å². The lowest BCUT2D eigenvalue weighted by Crippen LogP contribution is -2.33. The molecule has 1 amide bonds. The highest BCUT2D eigenvalue weighted by atomic mass is 32.2. The van der Waals surface area contributed by atoms with E-state index in [4.69, 9.17) is 0 Å². The van der Waals surface area contributed by atoms with Crippen LogP contribution in [0.3, 0.4) is 0 Å². The number of rotatable bonds is 3. The van der Waals surface area contributed by atoms with Crippen LogP contribution in [0.5, 0.6) is 0 Å². The van der Waals surface area contributed by atoms with Crippen molar-refractivity contribution in [2.45, 2.75) is 17.1 Å². The highest BCUT2D eigenvalue weighted by Crippen LogP contribution is 2.23.